The van der Waals surface area contributed by atoms with Gasteiger partial charge in [-0.1, -0.05) is 11.6 Å². The highest BCUT2D eigenvalue weighted by atomic mass is 35.5. The van der Waals surface area contributed by atoms with Crippen LogP contribution in [0.5, 0.6) is 5.75 Å². The molecule has 0 fully saturated rings. The highest BCUT2D eigenvalue weighted by Crippen LogP contribution is 2.31. The lowest BCUT2D eigenvalue weighted by molar-refractivity contribution is -0.384. The van der Waals surface area contributed by atoms with Gasteiger partial charge >= 0.3 is 10.1 Å². The summed E-state index contributed by atoms with van der Waals surface area (Å²) in [5.41, 5.74) is -0.808. The Morgan fingerprint density at radius 1 is 1.26 bits per heavy atom. The van der Waals surface area contributed by atoms with Crippen molar-refractivity contribution in [3.63, 3.8) is 0 Å². The summed E-state index contributed by atoms with van der Waals surface area (Å²) in [5, 5.41) is 19.0. The van der Waals surface area contributed by atoms with Gasteiger partial charge in [-0.15, -0.1) is 0 Å². The molecule has 0 heterocycles. The number of nitro benzene ring substituents is 1. The zero-order valence-electron chi connectivity index (χ0n) is 11.1. The fourth-order valence-electron chi connectivity index (χ4n) is 1.58. The zero-order chi connectivity index (χ0) is 17.2. The fraction of sp³-hybridized carbons (Fsp3) is 0. The highest BCUT2D eigenvalue weighted by molar-refractivity contribution is 7.87. The fourth-order valence-corrected chi connectivity index (χ4v) is 2.82. The average Bonchev–Trinajstić information content (AvgIpc) is 2.49. The Bertz CT molecular complexity index is 940. The molecule has 23 heavy (non-hydrogen) atoms. The van der Waals surface area contributed by atoms with Crippen LogP contribution < -0.4 is 4.18 Å². The summed E-state index contributed by atoms with van der Waals surface area (Å²) < 4.78 is 42.2. The van der Waals surface area contributed by atoms with Crippen molar-refractivity contribution in [2.75, 3.05) is 0 Å². The van der Waals surface area contributed by atoms with Crippen LogP contribution in [0.1, 0.15) is 5.56 Å². The van der Waals surface area contributed by atoms with Crippen molar-refractivity contribution in [1.29, 1.82) is 5.26 Å². The van der Waals surface area contributed by atoms with Crippen molar-refractivity contribution >= 4 is 27.4 Å². The number of nitriles is 1. The first-order chi connectivity index (χ1) is 10.7. The van der Waals surface area contributed by atoms with Crippen LogP contribution in [-0.4, -0.2) is 13.3 Å². The molecule has 0 atom stereocenters. The Hall–Kier alpha value is -2.70. The van der Waals surface area contributed by atoms with E-state index in [4.69, 9.17) is 21.0 Å². The lowest BCUT2D eigenvalue weighted by Gasteiger charge is -2.08. The molecule has 0 saturated carbocycles. The molecular weight excluding hydrogens is 351 g/mol. The molecule has 7 nitrogen and oxygen atoms in total. The van der Waals surface area contributed by atoms with Crippen LogP contribution in [0.4, 0.5) is 10.1 Å². The van der Waals surface area contributed by atoms with E-state index in [0.29, 0.717) is 0 Å². The number of nitro groups is 1. The number of benzene rings is 2. The van der Waals surface area contributed by atoms with Gasteiger partial charge in [-0.2, -0.15) is 13.7 Å². The monoisotopic (exact) mass is 356 g/mol. The third-order valence-electron chi connectivity index (χ3n) is 2.67. The van der Waals surface area contributed by atoms with Crippen LogP contribution in [0.3, 0.4) is 0 Å². The van der Waals surface area contributed by atoms with Crippen molar-refractivity contribution < 1.29 is 21.9 Å². The molecule has 0 N–H and O–H groups in total. The smallest absolute Gasteiger partial charge is 0.339 e. The summed E-state index contributed by atoms with van der Waals surface area (Å²) >= 11 is 5.74. The Morgan fingerprint density at radius 3 is 2.52 bits per heavy atom. The van der Waals surface area contributed by atoms with Gasteiger partial charge in [0.2, 0.25) is 0 Å². The molecule has 0 amide bonds. The first-order valence-electron chi connectivity index (χ1n) is 5.82. The molecule has 0 aromatic heterocycles. The van der Waals surface area contributed by atoms with Crippen molar-refractivity contribution in [2.24, 2.45) is 0 Å². The minimum Gasteiger partial charge on any atom is -0.377 e. The van der Waals surface area contributed by atoms with E-state index in [1.807, 2.05) is 0 Å². The molecule has 0 radical (unpaired) electrons. The summed E-state index contributed by atoms with van der Waals surface area (Å²) in [6.45, 7) is 0. The largest absolute Gasteiger partial charge is 0.377 e. The first-order valence-corrected chi connectivity index (χ1v) is 7.61. The van der Waals surface area contributed by atoms with Gasteiger partial charge in [-0.3, -0.25) is 10.1 Å². The van der Waals surface area contributed by atoms with E-state index in [-0.39, 0.29) is 16.5 Å². The number of hydrogen-bond acceptors (Lipinski definition) is 6. The summed E-state index contributed by atoms with van der Waals surface area (Å²) in [4.78, 5) is 9.44. The Balaban J connectivity index is 2.39. The van der Waals surface area contributed by atoms with E-state index in [2.05, 4.69) is 0 Å². The van der Waals surface area contributed by atoms with E-state index in [0.717, 1.165) is 36.4 Å². The molecule has 0 aliphatic rings. The van der Waals surface area contributed by atoms with Crippen molar-refractivity contribution in [1.82, 2.24) is 0 Å². The molecule has 2 aromatic carbocycles. The maximum Gasteiger partial charge on any atom is 0.339 e. The summed E-state index contributed by atoms with van der Waals surface area (Å²) in [7, 11) is -4.39. The lowest BCUT2D eigenvalue weighted by atomic mass is 10.2. The third kappa shape index (κ3) is 3.56. The van der Waals surface area contributed by atoms with Gasteiger partial charge in [0.05, 0.1) is 15.5 Å². The van der Waals surface area contributed by atoms with Crippen molar-refractivity contribution in [3.8, 4) is 11.8 Å². The third-order valence-corrected chi connectivity index (χ3v) is 4.20. The van der Waals surface area contributed by atoms with Crippen molar-refractivity contribution in [3.05, 3.63) is 62.9 Å². The molecule has 0 saturated heterocycles. The van der Waals surface area contributed by atoms with E-state index < -0.39 is 31.3 Å². The van der Waals surface area contributed by atoms with E-state index >= 15 is 0 Å². The SMILES string of the molecule is N#Cc1cc(S(=O)(=O)Oc2ccc([N+](=O)[O-])cc2Cl)ccc1F. The van der Waals surface area contributed by atoms with Gasteiger partial charge < -0.3 is 4.18 Å². The van der Waals surface area contributed by atoms with E-state index in [1.54, 1.807) is 0 Å². The predicted octanol–water partition coefficient (Wildman–Crippen LogP) is 3.03. The Morgan fingerprint density at radius 2 is 1.96 bits per heavy atom. The van der Waals surface area contributed by atoms with E-state index in [9.17, 15) is 22.9 Å². The quantitative estimate of drug-likeness (QED) is 0.473. The Kier molecular flexibility index (Phi) is 4.49. The average molecular weight is 357 g/mol. The van der Waals surface area contributed by atoms with Gasteiger partial charge in [0.15, 0.2) is 5.75 Å². The number of nitrogens with zero attached hydrogens (tertiary/aromatic N) is 2. The van der Waals surface area contributed by atoms with Crippen LogP contribution in [0.25, 0.3) is 0 Å². The van der Waals surface area contributed by atoms with Crippen LogP contribution in [0.15, 0.2) is 41.3 Å². The molecule has 118 valence electrons. The molecule has 0 aliphatic carbocycles. The molecule has 0 bridgehead atoms. The number of rotatable bonds is 4. The normalized spacial score (nSPS) is 10.8. The second-order valence-electron chi connectivity index (χ2n) is 4.16. The molecule has 2 aromatic rings. The lowest BCUT2D eigenvalue weighted by Crippen LogP contribution is -2.10. The number of hydrogen-bond donors (Lipinski definition) is 0. The molecule has 10 heteroatoms. The molecule has 0 unspecified atom stereocenters. The number of halogens is 2. The van der Waals surface area contributed by atoms with Crippen LogP contribution >= 0.6 is 11.6 Å². The van der Waals surface area contributed by atoms with Gasteiger partial charge in [0.1, 0.15) is 16.8 Å². The maximum atomic E-state index is 13.2. The van der Waals surface area contributed by atoms with Crippen LogP contribution in [0, 0.1) is 27.3 Å². The molecule has 0 aliphatic heterocycles. The second-order valence-corrected chi connectivity index (χ2v) is 6.12. The summed E-state index contributed by atoms with van der Waals surface area (Å²) in [5.74, 6) is -1.21. The minimum atomic E-state index is -4.39. The zero-order valence-corrected chi connectivity index (χ0v) is 12.6. The molecule has 2 rings (SSSR count). The predicted molar refractivity (Wildman–Crippen MR) is 77.0 cm³/mol. The van der Waals surface area contributed by atoms with Crippen LogP contribution in [-0.2, 0) is 10.1 Å². The number of non-ortho nitro benzene ring substituents is 1. The topological polar surface area (TPSA) is 110 Å². The van der Waals surface area contributed by atoms with E-state index in [1.165, 1.54) is 6.07 Å². The minimum absolute atomic E-state index is 0.287. The second kappa shape index (κ2) is 6.20. The molecule has 0 spiro atoms. The maximum absolute atomic E-state index is 13.2. The standard InChI is InChI=1S/C13H6ClFN2O5S/c14-11-6-9(17(18)19)1-4-13(11)22-23(20,21)10-2-3-12(15)8(5-10)7-16/h1-6H. The van der Waals surface area contributed by atoms with Gasteiger partial charge in [-0.05, 0) is 24.3 Å². The van der Waals surface area contributed by atoms with Crippen LogP contribution in [0.2, 0.25) is 5.02 Å². The van der Waals surface area contributed by atoms with Gasteiger partial charge in [0, 0.05) is 12.1 Å². The summed E-state index contributed by atoms with van der Waals surface area (Å²) in [6.07, 6.45) is 0. The molecular formula is C13H6ClFN2O5S. The highest BCUT2D eigenvalue weighted by Gasteiger charge is 2.21. The Labute approximate surface area is 134 Å². The van der Waals surface area contributed by atoms with Gasteiger partial charge in [-0.25, -0.2) is 4.39 Å². The van der Waals surface area contributed by atoms with Gasteiger partial charge in [0.25, 0.3) is 5.69 Å². The summed E-state index contributed by atoms with van der Waals surface area (Å²) in [6, 6.07) is 7.01. The van der Waals surface area contributed by atoms with Crippen molar-refractivity contribution in [2.45, 2.75) is 4.90 Å². The first kappa shape index (κ1) is 16.7.